The third-order valence-corrected chi connectivity index (χ3v) is 14.4. The van der Waals surface area contributed by atoms with Crippen molar-refractivity contribution in [1.82, 2.24) is 39.7 Å². The third-order valence-electron chi connectivity index (χ3n) is 12.0. The van der Waals surface area contributed by atoms with Crippen molar-refractivity contribution in [3.8, 4) is 10.0 Å². The first kappa shape index (κ1) is 42.2. The lowest BCUT2D eigenvalue weighted by Gasteiger charge is -2.32. The Labute approximate surface area is 374 Å². The number of rotatable bonds is 7. The highest BCUT2D eigenvalue weighted by atomic mass is 32.1. The second kappa shape index (κ2) is 16.2. The number of aromatic nitrogens is 6. The van der Waals surface area contributed by atoms with Crippen LogP contribution in [0.1, 0.15) is 133 Å². The number of carbonyl (C=O) groups excluding carboxylic acids is 3. The molecule has 6 aromatic rings. The van der Waals surface area contributed by atoms with Gasteiger partial charge >= 0.3 is 5.97 Å². The van der Waals surface area contributed by atoms with E-state index in [4.69, 9.17) is 14.7 Å². The summed E-state index contributed by atoms with van der Waals surface area (Å²) in [6.45, 7) is 19.3. The van der Waals surface area contributed by atoms with E-state index < -0.39 is 11.6 Å². The molecule has 7 heterocycles. The number of ether oxygens (including phenoxy) is 1. The molecule has 3 aliphatic heterocycles. The number of nitrogens with one attached hydrogen (secondary N) is 1. The lowest BCUT2D eigenvalue weighted by atomic mass is 9.98. The van der Waals surface area contributed by atoms with Gasteiger partial charge in [-0.15, -0.1) is 43.1 Å². The molecule has 3 aliphatic rings. The van der Waals surface area contributed by atoms with Gasteiger partial charge in [-0.3, -0.25) is 33.5 Å². The Balaban J connectivity index is 0.864. The van der Waals surface area contributed by atoms with E-state index in [1.165, 1.54) is 10.4 Å². The lowest BCUT2D eigenvalue weighted by molar-refractivity contribution is -0.155. The fourth-order valence-corrected chi connectivity index (χ4v) is 11.0. The van der Waals surface area contributed by atoms with Gasteiger partial charge < -0.3 is 15.0 Å². The van der Waals surface area contributed by atoms with E-state index in [1.807, 2.05) is 92.6 Å². The van der Waals surface area contributed by atoms with Crippen molar-refractivity contribution in [2.75, 3.05) is 13.1 Å². The number of thiophene rings is 2. The number of likely N-dealkylation sites (tertiary alicyclic amines) is 1. The van der Waals surface area contributed by atoms with E-state index in [-0.39, 0.29) is 30.2 Å². The van der Waals surface area contributed by atoms with Crippen LogP contribution >= 0.6 is 22.7 Å². The molecule has 1 atom stereocenters. The summed E-state index contributed by atoms with van der Waals surface area (Å²) in [5.41, 5.74) is 8.21. The smallest absolute Gasteiger partial charge is 0.308 e. The lowest BCUT2D eigenvalue weighted by Crippen LogP contribution is -2.46. The summed E-state index contributed by atoms with van der Waals surface area (Å²) in [6.07, 6.45) is 1.29. The first-order valence-electron chi connectivity index (χ1n) is 21.3. The van der Waals surface area contributed by atoms with E-state index in [9.17, 15) is 14.4 Å². The predicted molar refractivity (Wildman–Crippen MR) is 244 cm³/mol. The topological polar surface area (TPSA) is 162 Å². The number of carbonyl (C=O) groups is 3. The summed E-state index contributed by atoms with van der Waals surface area (Å²) in [5, 5.41) is 22.8. The molecule has 4 aromatic heterocycles. The molecule has 14 nitrogen and oxygen atoms in total. The van der Waals surface area contributed by atoms with Crippen LogP contribution in [0, 0.1) is 41.5 Å². The Bertz CT molecular complexity index is 2860. The van der Waals surface area contributed by atoms with Crippen molar-refractivity contribution in [2.24, 2.45) is 9.98 Å². The van der Waals surface area contributed by atoms with Gasteiger partial charge in [0.25, 0.3) is 11.8 Å². The molecule has 2 amide bonds. The first-order chi connectivity index (χ1) is 30.1. The molecule has 324 valence electrons. The summed E-state index contributed by atoms with van der Waals surface area (Å²) in [4.78, 5) is 54.9. The third kappa shape index (κ3) is 7.83. The molecular formula is C47H50N10O4S2. The number of nitrogens with zero attached hydrogens (tertiary/aromatic N) is 9. The van der Waals surface area contributed by atoms with E-state index in [0.29, 0.717) is 55.3 Å². The predicted octanol–water partition coefficient (Wildman–Crippen LogP) is 7.83. The van der Waals surface area contributed by atoms with Gasteiger partial charge in [-0.1, -0.05) is 24.3 Å². The van der Waals surface area contributed by atoms with Gasteiger partial charge in [0.15, 0.2) is 11.6 Å². The second-order valence-electron chi connectivity index (χ2n) is 17.5. The van der Waals surface area contributed by atoms with Gasteiger partial charge in [-0.2, -0.15) is 0 Å². The Morgan fingerprint density at radius 2 is 1.29 bits per heavy atom. The van der Waals surface area contributed by atoms with Gasteiger partial charge in [0.05, 0.1) is 17.8 Å². The van der Waals surface area contributed by atoms with Crippen LogP contribution < -0.4 is 5.32 Å². The largest absolute Gasteiger partial charge is 0.460 e. The minimum absolute atomic E-state index is 0.00192. The minimum atomic E-state index is -0.645. The van der Waals surface area contributed by atoms with Crippen molar-refractivity contribution in [3.05, 3.63) is 126 Å². The molecule has 0 saturated carbocycles. The van der Waals surface area contributed by atoms with Crippen LogP contribution in [0.2, 0.25) is 0 Å². The molecule has 63 heavy (non-hydrogen) atoms. The number of amides is 2. The minimum Gasteiger partial charge on any atom is -0.460 e. The summed E-state index contributed by atoms with van der Waals surface area (Å²) in [6, 6.07) is 14.5. The molecule has 16 heteroatoms. The van der Waals surface area contributed by atoms with E-state index in [1.54, 1.807) is 22.7 Å². The summed E-state index contributed by atoms with van der Waals surface area (Å²) >= 11 is 3.36. The van der Waals surface area contributed by atoms with Crippen LogP contribution in [0.3, 0.4) is 0 Å². The first-order valence-corrected chi connectivity index (χ1v) is 22.9. The van der Waals surface area contributed by atoms with Gasteiger partial charge in [-0.25, -0.2) is 0 Å². The second-order valence-corrected chi connectivity index (χ2v) is 19.9. The Hall–Kier alpha value is -6.13. The van der Waals surface area contributed by atoms with E-state index >= 15 is 0 Å². The maximum absolute atomic E-state index is 13.7. The number of aliphatic imine (C=N–C) groups is 2. The van der Waals surface area contributed by atoms with Crippen molar-refractivity contribution in [3.63, 3.8) is 0 Å². The Morgan fingerprint density at radius 1 is 0.730 bits per heavy atom. The molecule has 0 unspecified atom stereocenters. The number of piperidine rings is 1. The molecule has 1 saturated heterocycles. The molecule has 0 spiro atoms. The Morgan fingerprint density at radius 3 is 1.92 bits per heavy atom. The number of hydrogen-bond acceptors (Lipinski definition) is 12. The zero-order valence-electron chi connectivity index (χ0n) is 37.0. The van der Waals surface area contributed by atoms with Crippen molar-refractivity contribution in [1.29, 1.82) is 0 Å². The average molecular weight is 883 g/mol. The fourth-order valence-electron chi connectivity index (χ4n) is 8.58. The van der Waals surface area contributed by atoms with E-state index in [2.05, 4.69) is 58.0 Å². The fraction of sp³-hybridized carbons (Fsp3) is 0.383. The maximum Gasteiger partial charge on any atom is 0.308 e. The standard InChI is InChI=1S/C47H50N10O4S2/c1-24-26(3)62-45-38(24)40(48-23-36-53-51-28(5)56(36)45)30-12-16-33(17-13-30)44(60)55-20-18-34(19-21-55)49-43(59)32-14-10-31(11-15-32)41-39-25(2)27(4)63-46(39)57-29(6)52-54-42(57)35(50-41)22-37(58)61-47(7,8)9/h10-17,34-35H,18-23H2,1-9H3,(H,49,59)/t35-/m0/s1. The highest BCUT2D eigenvalue weighted by Crippen LogP contribution is 2.40. The van der Waals surface area contributed by atoms with Crippen LogP contribution in [0.25, 0.3) is 10.0 Å². The van der Waals surface area contributed by atoms with Gasteiger partial charge in [-0.05, 0) is 111 Å². The van der Waals surface area contributed by atoms with Crippen LogP contribution in [-0.4, -0.2) is 88.4 Å². The molecular weight excluding hydrogens is 833 g/mol. The molecule has 0 radical (unpaired) electrons. The average Bonchev–Trinajstić information content (AvgIpc) is 3.93. The summed E-state index contributed by atoms with van der Waals surface area (Å²) in [5.74, 6) is 2.37. The SMILES string of the molecule is Cc1sc2c(c1C)C(c1ccc(C(=O)N3CCC(NC(=O)c4ccc(C5=N[C@@H](CC(=O)OC(C)(C)C)c6nnc(C)n6-c6sc(C)c(C)c65)cc4)CC3)cc1)=NCc1nnc(C)n1-2. The zero-order chi connectivity index (χ0) is 44.5. The van der Waals surface area contributed by atoms with Gasteiger partial charge in [0.1, 0.15) is 39.8 Å². The van der Waals surface area contributed by atoms with Crippen molar-refractivity contribution < 1.29 is 19.1 Å². The van der Waals surface area contributed by atoms with Gasteiger partial charge in [0, 0.05) is 62.3 Å². The molecule has 1 N–H and O–H groups in total. The number of benzene rings is 2. The molecule has 9 rings (SSSR count). The van der Waals surface area contributed by atoms with Crippen molar-refractivity contribution >= 4 is 51.9 Å². The highest BCUT2D eigenvalue weighted by molar-refractivity contribution is 7.15. The molecule has 1 fully saturated rings. The zero-order valence-corrected chi connectivity index (χ0v) is 38.6. The van der Waals surface area contributed by atoms with Crippen LogP contribution in [0.5, 0.6) is 0 Å². The number of fused-ring (bicyclic) bond motifs is 6. The molecule has 2 aromatic carbocycles. The molecule has 0 bridgehead atoms. The molecule has 0 aliphatic carbocycles. The van der Waals surface area contributed by atoms with E-state index in [0.717, 1.165) is 65.8 Å². The summed E-state index contributed by atoms with van der Waals surface area (Å²) in [7, 11) is 0. The van der Waals surface area contributed by atoms with Crippen LogP contribution in [-0.2, 0) is 16.1 Å². The normalized spacial score (nSPS) is 16.2. The van der Waals surface area contributed by atoms with Crippen molar-refractivity contribution in [2.45, 2.75) is 106 Å². The van der Waals surface area contributed by atoms with Gasteiger partial charge in [0.2, 0.25) is 0 Å². The van der Waals surface area contributed by atoms with Crippen LogP contribution in [0.4, 0.5) is 0 Å². The summed E-state index contributed by atoms with van der Waals surface area (Å²) < 4.78 is 9.81. The number of esters is 1. The number of aryl methyl sites for hydroxylation is 4. The monoisotopic (exact) mass is 882 g/mol. The maximum atomic E-state index is 13.7. The quantitative estimate of drug-likeness (QED) is 0.159. The highest BCUT2D eigenvalue weighted by Gasteiger charge is 2.34. The Kier molecular flexibility index (Phi) is 10.9. The number of hydrogen-bond donors (Lipinski definition) is 1. The van der Waals surface area contributed by atoms with Crippen LogP contribution in [0.15, 0.2) is 58.5 Å².